The molecule has 0 amide bonds. The van der Waals surface area contributed by atoms with Gasteiger partial charge in [0.1, 0.15) is 0 Å². The van der Waals surface area contributed by atoms with Crippen LogP contribution in [0.4, 0.5) is 0 Å². The third-order valence-corrected chi connectivity index (χ3v) is 5.80. The normalized spacial score (nSPS) is 24.7. The Morgan fingerprint density at radius 3 is 1.58 bits per heavy atom. The second-order valence-corrected chi connectivity index (χ2v) is 8.03. The molecular weight excluding hydrogens is 320 g/mol. The maximum Gasteiger partial charge on any atom is 0.0625 e. The van der Waals surface area contributed by atoms with E-state index >= 15 is 0 Å². The Morgan fingerprint density at radius 2 is 1.19 bits per heavy atom. The number of benzene rings is 1. The van der Waals surface area contributed by atoms with Crippen LogP contribution in [0.15, 0.2) is 24.3 Å². The third kappa shape index (κ3) is 5.56. The quantitative estimate of drug-likeness (QED) is 0.780. The van der Waals surface area contributed by atoms with E-state index in [0.717, 1.165) is 39.3 Å². The predicted octanol–water partition coefficient (Wildman–Crippen LogP) is 3.94. The maximum absolute atomic E-state index is 8.92. The summed E-state index contributed by atoms with van der Waals surface area (Å²) in [4.78, 5) is 5.00. The van der Waals surface area contributed by atoms with Crippen molar-refractivity contribution in [1.29, 1.82) is 10.5 Å². The minimum atomic E-state index is 0.550. The minimum Gasteiger partial charge on any atom is -0.299 e. The monoisotopic (exact) mass is 350 g/mol. The molecule has 1 aromatic carbocycles. The van der Waals surface area contributed by atoms with E-state index in [-0.39, 0.29) is 0 Å². The van der Waals surface area contributed by atoms with Crippen molar-refractivity contribution in [2.45, 2.75) is 51.6 Å². The highest BCUT2D eigenvalue weighted by Crippen LogP contribution is 2.22. The molecule has 2 heterocycles. The van der Waals surface area contributed by atoms with Gasteiger partial charge in [-0.25, -0.2) is 0 Å². The molecule has 0 aliphatic carbocycles. The van der Waals surface area contributed by atoms with Crippen LogP contribution in [-0.4, -0.2) is 36.0 Å². The first-order valence-corrected chi connectivity index (χ1v) is 10.0. The first kappa shape index (κ1) is 18.9. The predicted molar refractivity (Wildman–Crippen MR) is 103 cm³/mol. The molecule has 0 bridgehead atoms. The summed E-state index contributed by atoms with van der Waals surface area (Å²) in [6.45, 7) is 6.41. The molecule has 3 rings (SSSR count). The van der Waals surface area contributed by atoms with Crippen LogP contribution in [0.25, 0.3) is 0 Å². The van der Waals surface area contributed by atoms with Gasteiger partial charge >= 0.3 is 0 Å². The average Bonchev–Trinajstić information content (AvgIpc) is 2.65. The van der Waals surface area contributed by atoms with Crippen molar-refractivity contribution in [3.8, 4) is 12.1 Å². The van der Waals surface area contributed by atoms with E-state index in [4.69, 9.17) is 10.5 Å². The average molecular weight is 351 g/mol. The highest BCUT2D eigenvalue weighted by atomic mass is 15.1. The van der Waals surface area contributed by atoms with Gasteiger partial charge in [0.05, 0.1) is 12.1 Å². The Kier molecular flexibility index (Phi) is 7.06. The lowest BCUT2D eigenvalue weighted by Crippen LogP contribution is -2.35. The van der Waals surface area contributed by atoms with Crippen molar-refractivity contribution in [2.24, 2.45) is 11.8 Å². The van der Waals surface area contributed by atoms with Gasteiger partial charge in [-0.1, -0.05) is 24.3 Å². The van der Waals surface area contributed by atoms with E-state index < -0.39 is 0 Å². The number of rotatable bonds is 6. The zero-order valence-electron chi connectivity index (χ0n) is 15.7. The highest BCUT2D eigenvalue weighted by Gasteiger charge is 2.21. The van der Waals surface area contributed by atoms with Gasteiger partial charge in [-0.15, -0.1) is 0 Å². The van der Waals surface area contributed by atoms with Crippen molar-refractivity contribution in [3.05, 3.63) is 35.4 Å². The molecule has 0 spiro atoms. The van der Waals surface area contributed by atoms with Crippen LogP contribution < -0.4 is 0 Å². The fourth-order valence-electron chi connectivity index (χ4n) is 4.45. The van der Waals surface area contributed by atoms with E-state index in [9.17, 15) is 0 Å². The van der Waals surface area contributed by atoms with Gasteiger partial charge in [0, 0.05) is 39.0 Å². The molecule has 0 aromatic heterocycles. The maximum atomic E-state index is 8.92. The van der Waals surface area contributed by atoms with Crippen molar-refractivity contribution >= 4 is 0 Å². The molecule has 4 nitrogen and oxygen atoms in total. The molecular formula is C22H30N4. The van der Waals surface area contributed by atoms with Crippen LogP contribution in [0.5, 0.6) is 0 Å². The summed E-state index contributed by atoms with van der Waals surface area (Å²) in [5.41, 5.74) is 2.74. The number of hydrogen-bond acceptors (Lipinski definition) is 4. The lowest BCUT2D eigenvalue weighted by atomic mass is 9.94. The highest BCUT2D eigenvalue weighted by molar-refractivity contribution is 5.22. The van der Waals surface area contributed by atoms with Crippen molar-refractivity contribution in [3.63, 3.8) is 0 Å². The third-order valence-electron chi connectivity index (χ3n) is 5.80. The molecule has 2 fully saturated rings. The molecule has 138 valence electrons. The summed E-state index contributed by atoms with van der Waals surface area (Å²) in [6, 6.07) is 13.7. The van der Waals surface area contributed by atoms with Gasteiger partial charge in [0.15, 0.2) is 0 Å². The van der Waals surface area contributed by atoms with E-state index in [2.05, 4.69) is 46.2 Å². The lowest BCUT2D eigenvalue weighted by Gasteiger charge is -2.32. The summed E-state index contributed by atoms with van der Waals surface area (Å²) < 4.78 is 0. The standard InChI is InChI=1S/C22H30N4/c23-11-9-19-3-1-13-25(15-19)17-21-5-7-22(8-6-21)18-26-14-2-4-20(16-26)10-12-24/h5-8,19-20H,1-4,9-10,13-18H2. The topological polar surface area (TPSA) is 54.1 Å². The number of nitrogens with zero attached hydrogens (tertiary/aromatic N) is 4. The van der Waals surface area contributed by atoms with E-state index in [1.807, 2.05) is 0 Å². The van der Waals surface area contributed by atoms with Gasteiger partial charge in [-0.05, 0) is 61.7 Å². The zero-order valence-corrected chi connectivity index (χ0v) is 15.7. The van der Waals surface area contributed by atoms with E-state index in [1.165, 1.54) is 36.8 Å². The van der Waals surface area contributed by atoms with Crippen LogP contribution in [0, 0.1) is 34.5 Å². The Morgan fingerprint density at radius 1 is 0.769 bits per heavy atom. The number of piperidine rings is 2. The van der Waals surface area contributed by atoms with Crippen molar-refractivity contribution in [2.75, 3.05) is 26.2 Å². The summed E-state index contributed by atoms with van der Waals surface area (Å²) in [7, 11) is 0. The van der Waals surface area contributed by atoms with Gasteiger partial charge in [-0.3, -0.25) is 9.80 Å². The Labute approximate surface area is 158 Å². The Hall–Kier alpha value is -1.88. The van der Waals surface area contributed by atoms with Crippen LogP contribution in [-0.2, 0) is 13.1 Å². The van der Waals surface area contributed by atoms with Crippen LogP contribution in [0.3, 0.4) is 0 Å². The molecule has 2 aliphatic heterocycles. The lowest BCUT2D eigenvalue weighted by molar-refractivity contribution is 0.168. The molecule has 2 saturated heterocycles. The molecule has 0 radical (unpaired) electrons. The molecule has 0 saturated carbocycles. The molecule has 2 unspecified atom stereocenters. The van der Waals surface area contributed by atoms with E-state index in [1.54, 1.807) is 0 Å². The summed E-state index contributed by atoms with van der Waals surface area (Å²) in [5.74, 6) is 1.10. The van der Waals surface area contributed by atoms with Crippen molar-refractivity contribution < 1.29 is 0 Å². The fourth-order valence-corrected chi connectivity index (χ4v) is 4.45. The molecule has 1 aromatic rings. The first-order chi connectivity index (χ1) is 12.8. The zero-order chi connectivity index (χ0) is 18.2. The summed E-state index contributed by atoms with van der Waals surface area (Å²) in [6.07, 6.45) is 6.21. The largest absolute Gasteiger partial charge is 0.299 e. The number of nitriles is 2. The molecule has 4 heteroatoms. The summed E-state index contributed by atoms with van der Waals surface area (Å²) in [5, 5.41) is 17.8. The van der Waals surface area contributed by atoms with Gasteiger partial charge in [0.2, 0.25) is 0 Å². The smallest absolute Gasteiger partial charge is 0.0625 e. The van der Waals surface area contributed by atoms with Gasteiger partial charge in [0.25, 0.3) is 0 Å². The van der Waals surface area contributed by atoms with Crippen LogP contribution in [0.2, 0.25) is 0 Å². The van der Waals surface area contributed by atoms with E-state index in [0.29, 0.717) is 24.7 Å². The minimum absolute atomic E-state index is 0.550. The van der Waals surface area contributed by atoms with Crippen LogP contribution >= 0.6 is 0 Å². The first-order valence-electron chi connectivity index (χ1n) is 10.0. The molecule has 2 aliphatic rings. The molecule has 2 atom stereocenters. The van der Waals surface area contributed by atoms with Crippen molar-refractivity contribution in [1.82, 2.24) is 9.80 Å². The number of hydrogen-bond donors (Lipinski definition) is 0. The Balaban J connectivity index is 1.49. The molecule has 0 N–H and O–H groups in total. The van der Waals surface area contributed by atoms with Crippen LogP contribution in [0.1, 0.15) is 49.7 Å². The second-order valence-electron chi connectivity index (χ2n) is 8.03. The SMILES string of the molecule is N#CCC1CCCN(Cc2ccc(CN3CCCC(CC#N)C3)cc2)C1. The number of likely N-dealkylation sites (tertiary alicyclic amines) is 2. The Bertz CT molecular complexity index is 583. The van der Waals surface area contributed by atoms with Gasteiger partial charge < -0.3 is 0 Å². The van der Waals surface area contributed by atoms with Gasteiger partial charge in [-0.2, -0.15) is 10.5 Å². The summed E-state index contributed by atoms with van der Waals surface area (Å²) >= 11 is 0. The molecule has 26 heavy (non-hydrogen) atoms. The fraction of sp³-hybridized carbons (Fsp3) is 0.636. The second kappa shape index (κ2) is 9.72.